The molecule has 0 spiro atoms. The van der Waals surface area contributed by atoms with E-state index in [0.29, 0.717) is 19.4 Å². The van der Waals surface area contributed by atoms with Gasteiger partial charge in [-0.05, 0) is 83.5 Å². The predicted molar refractivity (Wildman–Crippen MR) is 347 cm³/mol. The Labute approximate surface area is 494 Å². The number of nitrogens with one attached hydrogen (secondary N) is 1. The van der Waals surface area contributed by atoms with E-state index < -0.39 is 12.1 Å². The van der Waals surface area contributed by atoms with Crippen molar-refractivity contribution in [2.75, 3.05) is 13.2 Å². The largest absolute Gasteiger partial charge is 0.466 e. The van der Waals surface area contributed by atoms with Gasteiger partial charge in [0.1, 0.15) is 0 Å². The molecule has 0 saturated heterocycles. The van der Waals surface area contributed by atoms with Crippen LogP contribution in [0.3, 0.4) is 0 Å². The highest BCUT2D eigenvalue weighted by Crippen LogP contribution is 2.18. The molecule has 0 fully saturated rings. The maximum absolute atomic E-state index is 12.5. The highest BCUT2D eigenvalue weighted by Gasteiger charge is 2.18. The highest BCUT2D eigenvalue weighted by atomic mass is 16.5. The van der Waals surface area contributed by atoms with Crippen molar-refractivity contribution < 1.29 is 24.5 Å². The Morgan fingerprint density at radius 2 is 0.595 bits per heavy atom. The van der Waals surface area contributed by atoms with Crippen LogP contribution in [0.25, 0.3) is 0 Å². The van der Waals surface area contributed by atoms with Crippen LogP contribution in [0.2, 0.25) is 0 Å². The molecule has 0 bridgehead atoms. The van der Waals surface area contributed by atoms with E-state index in [4.69, 9.17) is 4.74 Å². The number of aliphatic hydroxyl groups excluding tert-OH is 2. The molecule has 0 heterocycles. The monoisotopic (exact) mass is 1110 g/mol. The Balaban J connectivity index is 3.46. The summed E-state index contributed by atoms with van der Waals surface area (Å²) in [6, 6.07) is -0.640. The van der Waals surface area contributed by atoms with E-state index in [1.807, 2.05) is 6.08 Å². The van der Waals surface area contributed by atoms with E-state index in [1.54, 1.807) is 6.08 Å². The van der Waals surface area contributed by atoms with Crippen molar-refractivity contribution in [2.45, 2.75) is 405 Å². The number of esters is 1. The second kappa shape index (κ2) is 68.6. The van der Waals surface area contributed by atoms with Crippen LogP contribution in [0, 0.1) is 0 Å². The third-order valence-electron chi connectivity index (χ3n) is 16.6. The number of ether oxygens (including phenoxy) is 1. The molecule has 2 unspecified atom stereocenters. The number of amides is 1. The van der Waals surface area contributed by atoms with E-state index in [2.05, 4.69) is 43.5 Å². The molecule has 2 atom stereocenters. The zero-order valence-corrected chi connectivity index (χ0v) is 53.4. The van der Waals surface area contributed by atoms with Crippen molar-refractivity contribution in [1.82, 2.24) is 5.32 Å². The molecule has 0 radical (unpaired) electrons. The Morgan fingerprint density at radius 1 is 0.342 bits per heavy atom. The molecule has 0 aromatic rings. The van der Waals surface area contributed by atoms with Gasteiger partial charge in [-0.1, -0.05) is 333 Å². The van der Waals surface area contributed by atoms with Crippen molar-refractivity contribution in [3.63, 3.8) is 0 Å². The summed E-state index contributed by atoms with van der Waals surface area (Å²) in [5.41, 5.74) is 0. The van der Waals surface area contributed by atoms with Gasteiger partial charge in [-0.3, -0.25) is 9.59 Å². The van der Waals surface area contributed by atoms with Gasteiger partial charge in [0.05, 0.1) is 25.4 Å². The summed E-state index contributed by atoms with van der Waals surface area (Å²) >= 11 is 0. The maximum atomic E-state index is 12.5. The lowest BCUT2D eigenvalue weighted by molar-refractivity contribution is -0.143. The van der Waals surface area contributed by atoms with E-state index in [0.717, 1.165) is 57.8 Å². The van der Waals surface area contributed by atoms with E-state index >= 15 is 0 Å². The summed E-state index contributed by atoms with van der Waals surface area (Å²) in [4.78, 5) is 24.6. The minimum atomic E-state index is -0.855. The predicted octanol–water partition coefficient (Wildman–Crippen LogP) is 23.1. The Kier molecular flexibility index (Phi) is 66.9. The van der Waals surface area contributed by atoms with Crippen LogP contribution in [0.5, 0.6) is 0 Å². The van der Waals surface area contributed by atoms with Gasteiger partial charge in [0, 0.05) is 12.8 Å². The molecular weight excluding hydrogens is 971 g/mol. The summed E-state index contributed by atoms with van der Waals surface area (Å²) in [5, 5.41) is 23.3. The molecule has 0 aliphatic carbocycles. The van der Waals surface area contributed by atoms with E-state index in [-0.39, 0.29) is 18.5 Å². The minimum absolute atomic E-state index is 0.00253. The summed E-state index contributed by atoms with van der Waals surface area (Å²) in [6.45, 7) is 4.92. The number of aliphatic hydroxyl groups is 2. The first kappa shape index (κ1) is 77.1. The molecule has 0 aromatic carbocycles. The van der Waals surface area contributed by atoms with Gasteiger partial charge in [-0.15, -0.1) is 0 Å². The fourth-order valence-corrected chi connectivity index (χ4v) is 11.2. The normalized spacial score (nSPS) is 12.7. The Morgan fingerprint density at radius 3 is 0.899 bits per heavy atom. The molecule has 0 aliphatic rings. The highest BCUT2D eigenvalue weighted by molar-refractivity contribution is 5.76. The van der Waals surface area contributed by atoms with Crippen LogP contribution in [-0.2, 0) is 14.3 Å². The van der Waals surface area contributed by atoms with E-state index in [9.17, 15) is 19.8 Å². The first-order chi connectivity index (χ1) is 39.0. The fourth-order valence-electron chi connectivity index (χ4n) is 11.2. The topological polar surface area (TPSA) is 95.9 Å². The smallest absolute Gasteiger partial charge is 0.305 e. The lowest BCUT2D eigenvalue weighted by Crippen LogP contribution is -2.45. The van der Waals surface area contributed by atoms with Gasteiger partial charge in [0.2, 0.25) is 5.91 Å². The molecule has 79 heavy (non-hydrogen) atoms. The van der Waals surface area contributed by atoms with Crippen LogP contribution < -0.4 is 5.32 Å². The average molecular weight is 1110 g/mol. The number of hydrogen-bond donors (Lipinski definition) is 3. The number of carbonyl (C=O) groups is 2. The minimum Gasteiger partial charge on any atom is -0.466 e. The number of hydrogen-bond acceptors (Lipinski definition) is 5. The molecule has 1 amide bonds. The maximum Gasteiger partial charge on any atom is 0.305 e. The number of carbonyl (C=O) groups excluding carboxylic acids is 2. The second-order valence-corrected chi connectivity index (χ2v) is 24.6. The molecule has 0 saturated carbocycles. The lowest BCUT2D eigenvalue weighted by atomic mass is 10.0. The SMILES string of the molecule is CCCCCCCC/C=C\CCCCCCCCCCCC(=O)OCCCCCCCCCCC/C=C\CCCCCCCC(=O)NC(CO)C(O)/C=C/CCCCCCCCCCCCCCCCCCCCCCCCC. The lowest BCUT2D eigenvalue weighted by Gasteiger charge is -2.20. The zero-order chi connectivity index (χ0) is 57.1. The van der Waals surface area contributed by atoms with Crippen molar-refractivity contribution >= 4 is 11.9 Å². The van der Waals surface area contributed by atoms with Crippen LogP contribution >= 0.6 is 0 Å². The van der Waals surface area contributed by atoms with Crippen LogP contribution in [0.15, 0.2) is 36.5 Å². The third-order valence-corrected chi connectivity index (χ3v) is 16.6. The summed E-state index contributed by atoms with van der Waals surface area (Å²) in [7, 11) is 0. The van der Waals surface area contributed by atoms with Gasteiger partial charge in [-0.25, -0.2) is 0 Å². The van der Waals surface area contributed by atoms with Gasteiger partial charge < -0.3 is 20.3 Å². The number of unbranched alkanes of at least 4 members (excludes halogenated alkanes) is 52. The van der Waals surface area contributed by atoms with Crippen molar-refractivity contribution in [3.05, 3.63) is 36.5 Å². The standard InChI is InChI=1S/C73H139NO5/c1-3-5-7-9-11-13-15-17-19-21-23-24-25-26-27-28-30-33-37-41-45-49-53-57-61-65-71(76)70(69-75)74-72(77)66-62-58-54-50-46-42-38-34-31-32-36-40-44-48-52-56-60-64-68-79-73(78)67-63-59-55-51-47-43-39-35-29-22-20-18-16-14-12-10-8-6-4-2/h18,20,34,38,61,65,70-71,75-76H,3-17,19,21-33,35-37,39-60,62-64,66-69H2,1-2H3,(H,74,77)/b20-18-,38-34-,65-61+. The summed E-state index contributed by atoms with van der Waals surface area (Å²) in [5.74, 6) is -0.0758. The van der Waals surface area contributed by atoms with E-state index in [1.165, 1.54) is 308 Å². The zero-order valence-electron chi connectivity index (χ0n) is 53.4. The van der Waals surface area contributed by atoms with Crippen LogP contribution in [0.4, 0.5) is 0 Å². The van der Waals surface area contributed by atoms with Gasteiger partial charge >= 0.3 is 5.97 Å². The Bertz CT molecular complexity index is 1280. The Hall–Kier alpha value is -1.92. The third kappa shape index (κ3) is 65.1. The molecule has 3 N–H and O–H groups in total. The number of rotatable bonds is 67. The fraction of sp³-hybridized carbons (Fsp3) is 0.890. The van der Waals surface area contributed by atoms with Gasteiger partial charge in [0.25, 0.3) is 0 Å². The van der Waals surface area contributed by atoms with Crippen molar-refractivity contribution in [2.24, 2.45) is 0 Å². The molecule has 6 nitrogen and oxygen atoms in total. The first-order valence-corrected chi connectivity index (χ1v) is 35.8. The van der Waals surface area contributed by atoms with Crippen LogP contribution in [-0.4, -0.2) is 47.4 Å². The van der Waals surface area contributed by atoms with Crippen LogP contribution in [0.1, 0.15) is 393 Å². The van der Waals surface area contributed by atoms with Gasteiger partial charge in [0.15, 0.2) is 0 Å². The average Bonchev–Trinajstić information content (AvgIpc) is 3.45. The van der Waals surface area contributed by atoms with Crippen molar-refractivity contribution in [3.8, 4) is 0 Å². The molecular formula is C73H139NO5. The molecule has 0 aliphatic heterocycles. The summed E-state index contributed by atoms with van der Waals surface area (Å²) < 4.78 is 5.50. The molecule has 466 valence electrons. The molecule has 0 aromatic heterocycles. The number of allylic oxidation sites excluding steroid dienone is 5. The first-order valence-electron chi connectivity index (χ1n) is 35.8. The summed E-state index contributed by atoms with van der Waals surface area (Å²) in [6.07, 6.45) is 87.9. The van der Waals surface area contributed by atoms with Gasteiger partial charge in [-0.2, -0.15) is 0 Å². The molecule has 6 heteroatoms. The quantitative estimate of drug-likeness (QED) is 0.0320. The second-order valence-electron chi connectivity index (χ2n) is 24.6. The van der Waals surface area contributed by atoms with Crippen molar-refractivity contribution in [1.29, 1.82) is 0 Å². The molecule has 0 rings (SSSR count).